The molecule has 0 aliphatic heterocycles. The molecule has 0 aliphatic rings. The van der Waals surface area contributed by atoms with Crippen LogP contribution in [0.1, 0.15) is 18.4 Å². The number of aliphatic hydroxyl groups is 1. The molecular weight excluding hydrogens is 166 g/mol. The van der Waals surface area contributed by atoms with Crippen LogP contribution in [0, 0.1) is 6.92 Å². The van der Waals surface area contributed by atoms with Gasteiger partial charge in [0.1, 0.15) is 11.5 Å². The van der Waals surface area contributed by atoms with Gasteiger partial charge in [0, 0.05) is 0 Å². The molecule has 0 aromatic carbocycles. The predicted octanol–water partition coefficient (Wildman–Crippen LogP) is 2.06. The molecule has 1 atom stereocenters. The lowest BCUT2D eigenvalue weighted by molar-refractivity contribution is -0.101. The Labute approximate surface area is 68.8 Å². The predicted molar refractivity (Wildman–Crippen MR) is 39.0 cm³/mol. The smallest absolute Gasteiger partial charge is 0.273 e. The zero-order chi connectivity index (χ0) is 9.35. The second-order valence-electron chi connectivity index (χ2n) is 2.86. The van der Waals surface area contributed by atoms with Crippen LogP contribution in [0.2, 0.25) is 0 Å². The first-order valence-electron chi connectivity index (χ1n) is 3.52. The van der Waals surface area contributed by atoms with E-state index in [2.05, 4.69) is 0 Å². The van der Waals surface area contributed by atoms with E-state index in [1.165, 1.54) is 12.1 Å². The van der Waals surface area contributed by atoms with Gasteiger partial charge in [0.15, 0.2) is 5.60 Å². The Morgan fingerprint density at radius 1 is 1.50 bits per heavy atom. The van der Waals surface area contributed by atoms with Crippen molar-refractivity contribution >= 4 is 0 Å². The molecule has 1 N–H and O–H groups in total. The number of furan rings is 1. The molecule has 0 fully saturated rings. The molecule has 0 unspecified atom stereocenters. The normalized spacial score (nSPS) is 16.5. The van der Waals surface area contributed by atoms with E-state index in [-0.39, 0.29) is 5.76 Å². The average Bonchev–Trinajstić information content (AvgIpc) is 2.35. The average molecular weight is 176 g/mol. The summed E-state index contributed by atoms with van der Waals surface area (Å²) in [6, 6.07) is 2.88. The highest BCUT2D eigenvalue weighted by atomic mass is 19.3. The van der Waals surface area contributed by atoms with E-state index in [4.69, 9.17) is 4.42 Å². The van der Waals surface area contributed by atoms with Crippen molar-refractivity contribution in [3.05, 3.63) is 23.7 Å². The maximum Gasteiger partial charge on any atom is 0.273 e. The molecule has 4 heteroatoms. The summed E-state index contributed by atoms with van der Waals surface area (Å²) in [6.45, 7) is 2.65. The molecule has 1 aromatic heterocycles. The Hall–Kier alpha value is -0.900. The van der Waals surface area contributed by atoms with Gasteiger partial charge in [-0.25, -0.2) is 8.78 Å². The summed E-state index contributed by atoms with van der Waals surface area (Å²) in [5, 5.41) is 9.23. The summed E-state index contributed by atoms with van der Waals surface area (Å²) in [5.74, 6) is 0.404. The van der Waals surface area contributed by atoms with Gasteiger partial charge in [-0.1, -0.05) is 0 Å². The Morgan fingerprint density at radius 2 is 2.08 bits per heavy atom. The van der Waals surface area contributed by atoms with E-state index in [1.807, 2.05) is 0 Å². The molecular formula is C8H10F2O2. The number of halogens is 2. The Bertz CT molecular complexity index is 266. The lowest BCUT2D eigenvalue weighted by atomic mass is 10.1. The molecule has 12 heavy (non-hydrogen) atoms. The van der Waals surface area contributed by atoms with Crippen LogP contribution in [0.25, 0.3) is 0 Å². The van der Waals surface area contributed by atoms with Gasteiger partial charge in [-0.3, -0.25) is 0 Å². The maximum absolute atomic E-state index is 12.2. The Morgan fingerprint density at radius 3 is 2.42 bits per heavy atom. The standard InChI is InChI=1S/C8H10F2O2/c1-5-3-4-6(12-5)8(2,11)7(9)10/h3-4,7,11H,1-2H3/t8-/m0/s1. The second kappa shape index (κ2) is 2.86. The summed E-state index contributed by atoms with van der Waals surface area (Å²) in [4.78, 5) is 0. The number of hydrogen-bond donors (Lipinski definition) is 1. The lowest BCUT2D eigenvalue weighted by Crippen LogP contribution is -2.29. The van der Waals surface area contributed by atoms with E-state index < -0.39 is 12.0 Å². The summed E-state index contributed by atoms with van der Waals surface area (Å²) >= 11 is 0. The van der Waals surface area contributed by atoms with Crippen molar-refractivity contribution in [1.29, 1.82) is 0 Å². The third-order valence-corrected chi connectivity index (χ3v) is 1.66. The highest BCUT2D eigenvalue weighted by Gasteiger charge is 2.37. The molecule has 1 rings (SSSR count). The van der Waals surface area contributed by atoms with Gasteiger partial charge in [-0.15, -0.1) is 0 Å². The second-order valence-corrected chi connectivity index (χ2v) is 2.86. The van der Waals surface area contributed by atoms with E-state index in [0.717, 1.165) is 6.92 Å². The van der Waals surface area contributed by atoms with Crippen LogP contribution >= 0.6 is 0 Å². The minimum Gasteiger partial charge on any atom is -0.463 e. The fraction of sp³-hybridized carbons (Fsp3) is 0.500. The third-order valence-electron chi connectivity index (χ3n) is 1.66. The molecule has 0 spiro atoms. The summed E-state index contributed by atoms with van der Waals surface area (Å²) in [5.41, 5.74) is -2.19. The number of hydrogen-bond acceptors (Lipinski definition) is 2. The monoisotopic (exact) mass is 176 g/mol. The molecule has 1 heterocycles. The molecule has 0 bridgehead atoms. The fourth-order valence-electron chi connectivity index (χ4n) is 0.814. The van der Waals surface area contributed by atoms with Gasteiger partial charge in [-0.05, 0) is 26.0 Å². The first kappa shape index (κ1) is 9.19. The van der Waals surface area contributed by atoms with Crippen LogP contribution < -0.4 is 0 Å². The largest absolute Gasteiger partial charge is 0.463 e. The van der Waals surface area contributed by atoms with Gasteiger partial charge in [-0.2, -0.15) is 0 Å². The zero-order valence-electron chi connectivity index (χ0n) is 6.84. The SMILES string of the molecule is Cc1ccc([C@](C)(O)C(F)F)o1. The van der Waals surface area contributed by atoms with Crippen molar-refractivity contribution in [3.8, 4) is 0 Å². The quantitative estimate of drug-likeness (QED) is 0.748. The Balaban J connectivity index is 2.97. The lowest BCUT2D eigenvalue weighted by Gasteiger charge is -2.18. The molecule has 0 aliphatic carbocycles. The zero-order valence-corrected chi connectivity index (χ0v) is 6.84. The van der Waals surface area contributed by atoms with Crippen molar-refractivity contribution in [1.82, 2.24) is 0 Å². The molecule has 68 valence electrons. The van der Waals surface area contributed by atoms with E-state index in [1.54, 1.807) is 6.92 Å². The molecule has 0 saturated carbocycles. The first-order valence-corrected chi connectivity index (χ1v) is 3.52. The maximum atomic E-state index is 12.2. The molecule has 2 nitrogen and oxygen atoms in total. The summed E-state index contributed by atoms with van der Waals surface area (Å²) < 4.78 is 29.3. The van der Waals surface area contributed by atoms with Crippen molar-refractivity contribution in [2.75, 3.05) is 0 Å². The van der Waals surface area contributed by atoms with Gasteiger partial charge in [0.25, 0.3) is 6.43 Å². The minimum atomic E-state index is -2.84. The summed E-state index contributed by atoms with van der Waals surface area (Å²) in [7, 11) is 0. The van der Waals surface area contributed by atoms with Crippen LogP contribution in [0.5, 0.6) is 0 Å². The number of rotatable bonds is 2. The molecule has 0 amide bonds. The fourth-order valence-corrected chi connectivity index (χ4v) is 0.814. The van der Waals surface area contributed by atoms with Crippen molar-refractivity contribution < 1.29 is 18.3 Å². The highest BCUT2D eigenvalue weighted by molar-refractivity contribution is 5.12. The number of alkyl halides is 2. The first-order chi connectivity index (χ1) is 5.44. The van der Waals surface area contributed by atoms with Crippen molar-refractivity contribution in [2.45, 2.75) is 25.9 Å². The van der Waals surface area contributed by atoms with Crippen LogP contribution in [-0.2, 0) is 5.60 Å². The van der Waals surface area contributed by atoms with Crippen LogP contribution in [0.3, 0.4) is 0 Å². The van der Waals surface area contributed by atoms with Gasteiger partial charge in [0.2, 0.25) is 0 Å². The van der Waals surface area contributed by atoms with Gasteiger partial charge < -0.3 is 9.52 Å². The molecule has 1 aromatic rings. The molecule has 0 saturated heterocycles. The van der Waals surface area contributed by atoms with Gasteiger partial charge in [0.05, 0.1) is 0 Å². The minimum absolute atomic E-state index is 0.102. The Kier molecular flexibility index (Phi) is 2.19. The van der Waals surface area contributed by atoms with Crippen LogP contribution in [0.4, 0.5) is 8.78 Å². The van der Waals surface area contributed by atoms with Gasteiger partial charge >= 0.3 is 0 Å². The highest BCUT2D eigenvalue weighted by Crippen LogP contribution is 2.28. The van der Waals surface area contributed by atoms with Crippen molar-refractivity contribution in [3.63, 3.8) is 0 Å². The van der Waals surface area contributed by atoms with Crippen molar-refractivity contribution in [2.24, 2.45) is 0 Å². The third kappa shape index (κ3) is 1.48. The van der Waals surface area contributed by atoms with E-state index in [9.17, 15) is 13.9 Å². The van der Waals surface area contributed by atoms with Crippen LogP contribution in [-0.4, -0.2) is 11.5 Å². The van der Waals surface area contributed by atoms with E-state index >= 15 is 0 Å². The number of aryl methyl sites for hydroxylation is 1. The van der Waals surface area contributed by atoms with E-state index in [0.29, 0.717) is 5.76 Å². The topological polar surface area (TPSA) is 33.4 Å². The summed E-state index contributed by atoms with van der Waals surface area (Å²) in [6.07, 6.45) is -2.84. The molecule has 0 radical (unpaired) electrons. The van der Waals surface area contributed by atoms with Crippen LogP contribution in [0.15, 0.2) is 16.5 Å².